The number of para-hydroxylation sites is 1. The first kappa shape index (κ1) is 25.7. The minimum atomic E-state index is 0.364. The average Bonchev–Trinajstić information content (AvgIpc) is 3.22. The Morgan fingerprint density at radius 2 is 1.59 bits per heavy atom. The Balaban J connectivity index is 1.46. The Morgan fingerprint density at radius 1 is 0.919 bits per heavy atom. The minimum absolute atomic E-state index is 0.364. The first-order valence-corrected chi connectivity index (χ1v) is 13.8. The highest BCUT2D eigenvalue weighted by molar-refractivity contribution is 7.71. The SMILES string of the molecule is Cc1cccc(N2CC[NH+](Cn3nc(-c4ccc(Cl)cc4)n(-c4ccccc4C(C)C)c3=S)CC2)c1C. The third-order valence-corrected chi connectivity index (χ3v) is 8.15. The summed E-state index contributed by atoms with van der Waals surface area (Å²) in [7, 11) is 0. The predicted octanol–water partition coefficient (Wildman–Crippen LogP) is 5.83. The second kappa shape index (κ2) is 10.8. The van der Waals surface area contributed by atoms with Gasteiger partial charge in [0.05, 0.1) is 31.9 Å². The van der Waals surface area contributed by atoms with Gasteiger partial charge in [0, 0.05) is 16.3 Å². The van der Waals surface area contributed by atoms with E-state index in [1.54, 1.807) is 0 Å². The van der Waals surface area contributed by atoms with E-state index < -0.39 is 0 Å². The first-order valence-electron chi connectivity index (χ1n) is 13.0. The van der Waals surface area contributed by atoms with Crippen LogP contribution in [0.25, 0.3) is 17.1 Å². The van der Waals surface area contributed by atoms with Crippen molar-refractivity contribution in [2.24, 2.45) is 0 Å². The monoisotopic (exact) mass is 532 g/mol. The number of aryl methyl sites for hydroxylation is 1. The van der Waals surface area contributed by atoms with Crippen LogP contribution in [-0.4, -0.2) is 40.5 Å². The van der Waals surface area contributed by atoms with Crippen molar-refractivity contribution >= 4 is 29.5 Å². The number of halogens is 1. The van der Waals surface area contributed by atoms with Gasteiger partial charge in [-0.25, -0.2) is 0 Å². The number of nitrogens with zero attached hydrogens (tertiary/aromatic N) is 4. The molecule has 0 unspecified atom stereocenters. The van der Waals surface area contributed by atoms with E-state index in [1.165, 1.54) is 27.3 Å². The molecule has 192 valence electrons. The Bertz CT molecular complexity index is 1450. The lowest BCUT2D eigenvalue weighted by molar-refractivity contribution is -0.924. The fourth-order valence-electron chi connectivity index (χ4n) is 5.21. The number of quaternary nitrogens is 1. The Morgan fingerprint density at radius 3 is 2.30 bits per heavy atom. The number of piperazine rings is 1. The summed E-state index contributed by atoms with van der Waals surface area (Å²) >= 11 is 12.3. The second-order valence-corrected chi connectivity index (χ2v) is 11.1. The van der Waals surface area contributed by atoms with Crippen LogP contribution in [-0.2, 0) is 6.67 Å². The maximum absolute atomic E-state index is 6.20. The summed E-state index contributed by atoms with van der Waals surface area (Å²) in [6, 6.07) is 23.0. The second-order valence-electron chi connectivity index (χ2n) is 10.3. The highest BCUT2D eigenvalue weighted by Crippen LogP contribution is 2.29. The fourth-order valence-corrected chi connectivity index (χ4v) is 5.62. The fraction of sp³-hybridized carbons (Fsp3) is 0.333. The molecule has 0 aliphatic carbocycles. The van der Waals surface area contributed by atoms with Gasteiger partial charge in [0.15, 0.2) is 12.5 Å². The quantitative estimate of drug-likeness (QED) is 0.317. The van der Waals surface area contributed by atoms with E-state index >= 15 is 0 Å². The molecule has 0 amide bonds. The average molecular weight is 533 g/mol. The summed E-state index contributed by atoms with van der Waals surface area (Å²) in [6.07, 6.45) is 0. The van der Waals surface area contributed by atoms with Crippen LogP contribution in [0.1, 0.15) is 36.5 Å². The molecule has 0 bridgehead atoms. The van der Waals surface area contributed by atoms with E-state index in [1.807, 2.05) is 28.9 Å². The highest BCUT2D eigenvalue weighted by Gasteiger charge is 2.24. The van der Waals surface area contributed by atoms with Gasteiger partial charge in [-0.1, -0.05) is 55.8 Å². The lowest BCUT2D eigenvalue weighted by Crippen LogP contribution is -3.14. The molecule has 3 aromatic carbocycles. The van der Waals surface area contributed by atoms with Crippen molar-refractivity contribution in [3.8, 4) is 17.1 Å². The lowest BCUT2D eigenvalue weighted by atomic mass is 10.0. The Hall–Kier alpha value is -2.93. The zero-order chi connectivity index (χ0) is 26.1. The Kier molecular flexibility index (Phi) is 7.52. The number of aromatic nitrogens is 3. The van der Waals surface area contributed by atoms with Gasteiger partial charge < -0.3 is 9.80 Å². The summed E-state index contributed by atoms with van der Waals surface area (Å²) in [5, 5.41) is 5.79. The van der Waals surface area contributed by atoms with Crippen molar-refractivity contribution in [1.29, 1.82) is 0 Å². The minimum Gasteiger partial charge on any atom is -0.360 e. The molecule has 1 aliphatic rings. The van der Waals surface area contributed by atoms with Gasteiger partial charge in [0.25, 0.3) is 0 Å². The molecule has 0 radical (unpaired) electrons. The third-order valence-electron chi connectivity index (χ3n) is 7.50. The number of anilines is 1. The van der Waals surface area contributed by atoms with Crippen LogP contribution in [0, 0.1) is 18.6 Å². The predicted molar refractivity (Wildman–Crippen MR) is 156 cm³/mol. The van der Waals surface area contributed by atoms with Crippen LogP contribution in [0.3, 0.4) is 0 Å². The lowest BCUT2D eigenvalue weighted by Gasteiger charge is -2.34. The van der Waals surface area contributed by atoms with E-state index in [-0.39, 0.29) is 0 Å². The van der Waals surface area contributed by atoms with Crippen molar-refractivity contribution in [1.82, 2.24) is 14.3 Å². The van der Waals surface area contributed by atoms with Crippen molar-refractivity contribution in [2.75, 3.05) is 31.1 Å². The van der Waals surface area contributed by atoms with E-state index in [0.29, 0.717) is 10.9 Å². The third kappa shape index (κ3) is 5.24. The van der Waals surface area contributed by atoms with E-state index in [2.05, 4.69) is 79.6 Å². The van der Waals surface area contributed by atoms with Gasteiger partial charge in [0.1, 0.15) is 0 Å². The maximum Gasteiger partial charge on any atom is 0.207 e. The molecule has 1 fully saturated rings. The summed E-state index contributed by atoms with van der Waals surface area (Å²) in [5.74, 6) is 1.21. The standard InChI is InChI=1S/C30H34ClN5S/c1-21(2)26-9-5-6-10-28(26)36-29(24-12-14-25(31)15-13-24)32-35(30(36)37)20-33-16-18-34(19-17-33)27-11-7-8-22(3)23(27)4/h5-15,21H,16-20H2,1-4H3/p+1. The Labute approximate surface area is 229 Å². The van der Waals surface area contributed by atoms with Gasteiger partial charge in [-0.2, -0.15) is 4.68 Å². The van der Waals surface area contributed by atoms with Crippen LogP contribution in [0.2, 0.25) is 5.02 Å². The van der Waals surface area contributed by atoms with Crippen molar-refractivity contribution in [3.63, 3.8) is 0 Å². The molecule has 0 saturated carbocycles. The number of hydrogen-bond acceptors (Lipinski definition) is 3. The maximum atomic E-state index is 6.20. The summed E-state index contributed by atoms with van der Waals surface area (Å²) in [6.45, 7) is 13.7. The molecular weight excluding hydrogens is 498 g/mol. The summed E-state index contributed by atoms with van der Waals surface area (Å²) < 4.78 is 4.88. The summed E-state index contributed by atoms with van der Waals surface area (Å²) in [5.41, 5.74) is 7.43. The van der Waals surface area contributed by atoms with Crippen LogP contribution in [0.15, 0.2) is 66.7 Å². The van der Waals surface area contributed by atoms with Gasteiger partial charge in [0.2, 0.25) is 4.77 Å². The van der Waals surface area contributed by atoms with Crippen LogP contribution >= 0.6 is 23.8 Å². The van der Waals surface area contributed by atoms with Gasteiger partial charge in [-0.05, 0) is 85.1 Å². The zero-order valence-electron chi connectivity index (χ0n) is 22.0. The van der Waals surface area contributed by atoms with Crippen LogP contribution in [0.4, 0.5) is 5.69 Å². The topological polar surface area (TPSA) is 30.4 Å². The zero-order valence-corrected chi connectivity index (χ0v) is 23.6. The largest absolute Gasteiger partial charge is 0.360 e. The molecule has 1 aromatic heterocycles. The molecule has 5 nitrogen and oxygen atoms in total. The molecule has 1 aliphatic heterocycles. The number of benzene rings is 3. The number of hydrogen-bond donors (Lipinski definition) is 1. The van der Waals surface area contributed by atoms with E-state index in [4.69, 9.17) is 28.9 Å². The summed E-state index contributed by atoms with van der Waals surface area (Å²) in [4.78, 5) is 4.00. The molecule has 37 heavy (non-hydrogen) atoms. The molecule has 1 N–H and O–H groups in total. The van der Waals surface area contributed by atoms with E-state index in [0.717, 1.165) is 54.7 Å². The highest BCUT2D eigenvalue weighted by atomic mass is 35.5. The molecule has 0 atom stereocenters. The van der Waals surface area contributed by atoms with Gasteiger partial charge in [-0.15, -0.1) is 5.10 Å². The molecule has 0 spiro atoms. The molecule has 5 rings (SSSR count). The smallest absolute Gasteiger partial charge is 0.207 e. The van der Waals surface area contributed by atoms with Gasteiger partial charge >= 0.3 is 0 Å². The van der Waals surface area contributed by atoms with E-state index in [9.17, 15) is 0 Å². The molecule has 7 heteroatoms. The molecule has 4 aromatic rings. The van der Waals surface area contributed by atoms with Crippen LogP contribution in [0.5, 0.6) is 0 Å². The molecular formula is C30H35ClN5S+. The van der Waals surface area contributed by atoms with Crippen molar-refractivity contribution < 1.29 is 4.90 Å². The molecule has 2 heterocycles. The number of nitrogens with one attached hydrogen (secondary N) is 1. The van der Waals surface area contributed by atoms with Crippen molar-refractivity contribution in [3.05, 3.63) is 93.2 Å². The number of rotatable bonds is 6. The van der Waals surface area contributed by atoms with Crippen molar-refractivity contribution in [2.45, 2.75) is 40.3 Å². The van der Waals surface area contributed by atoms with Crippen LogP contribution < -0.4 is 9.80 Å². The first-order chi connectivity index (χ1) is 17.8. The normalized spacial score (nSPS) is 14.5. The molecule has 1 saturated heterocycles. The van der Waals surface area contributed by atoms with Gasteiger partial charge in [-0.3, -0.25) is 4.57 Å².